The van der Waals surface area contributed by atoms with Gasteiger partial charge in [-0.25, -0.2) is 9.67 Å². The smallest absolute Gasteiger partial charge is 0.254 e. The maximum atomic E-state index is 12.9. The van der Waals surface area contributed by atoms with Crippen molar-refractivity contribution in [3.05, 3.63) is 72.3 Å². The summed E-state index contributed by atoms with van der Waals surface area (Å²) in [5.41, 5.74) is 2.61. The molecule has 0 bridgehead atoms. The van der Waals surface area contributed by atoms with E-state index in [2.05, 4.69) is 10.1 Å². The van der Waals surface area contributed by atoms with Crippen molar-refractivity contribution < 1.29 is 14.3 Å². The van der Waals surface area contributed by atoms with Crippen LogP contribution >= 0.6 is 0 Å². The summed E-state index contributed by atoms with van der Waals surface area (Å²) in [6.45, 7) is 3.38. The Morgan fingerprint density at radius 2 is 2.00 bits per heavy atom. The predicted molar refractivity (Wildman–Crippen MR) is 113 cm³/mol. The van der Waals surface area contributed by atoms with Gasteiger partial charge < -0.3 is 14.4 Å². The molecule has 0 radical (unpaired) electrons. The zero-order valence-corrected chi connectivity index (χ0v) is 17.3. The van der Waals surface area contributed by atoms with Gasteiger partial charge in [-0.15, -0.1) is 0 Å². The molecule has 2 unspecified atom stereocenters. The molecule has 0 spiro atoms. The first kappa shape index (κ1) is 20.1. The van der Waals surface area contributed by atoms with E-state index in [4.69, 9.17) is 9.47 Å². The van der Waals surface area contributed by atoms with Crippen LogP contribution in [0.15, 0.2) is 61.2 Å². The van der Waals surface area contributed by atoms with Crippen LogP contribution in [0.25, 0.3) is 5.69 Å². The van der Waals surface area contributed by atoms with Crippen LogP contribution in [-0.2, 0) is 4.74 Å². The molecular formula is C23H26N4O3. The lowest BCUT2D eigenvalue weighted by molar-refractivity contribution is 0.0678. The molecule has 7 heteroatoms. The molecule has 2 heterocycles. The summed E-state index contributed by atoms with van der Waals surface area (Å²) in [5, 5.41) is 4.13. The van der Waals surface area contributed by atoms with Crippen LogP contribution in [0.3, 0.4) is 0 Å². The third-order valence-electron chi connectivity index (χ3n) is 5.52. The van der Waals surface area contributed by atoms with Gasteiger partial charge in [-0.2, -0.15) is 5.10 Å². The van der Waals surface area contributed by atoms with Gasteiger partial charge in [0, 0.05) is 19.2 Å². The van der Waals surface area contributed by atoms with Crippen molar-refractivity contribution in [3.8, 4) is 11.4 Å². The Balaban J connectivity index is 1.37. The molecule has 30 heavy (non-hydrogen) atoms. The van der Waals surface area contributed by atoms with E-state index >= 15 is 0 Å². The lowest BCUT2D eigenvalue weighted by Gasteiger charge is -2.25. The molecule has 2 atom stereocenters. The Morgan fingerprint density at radius 1 is 1.23 bits per heavy atom. The monoisotopic (exact) mass is 406 g/mol. The van der Waals surface area contributed by atoms with Gasteiger partial charge in [0.15, 0.2) is 0 Å². The summed E-state index contributed by atoms with van der Waals surface area (Å²) in [4.78, 5) is 18.6. The molecule has 3 aromatic rings. The van der Waals surface area contributed by atoms with E-state index in [0.717, 1.165) is 36.4 Å². The van der Waals surface area contributed by atoms with Gasteiger partial charge in [0.1, 0.15) is 25.0 Å². The highest BCUT2D eigenvalue weighted by atomic mass is 16.5. The SMILES string of the molecule is CC(c1ccc(-n2cncn2)cc1)N(C)C(=O)c1ccc(OCC2CCCO2)cc1. The number of ether oxygens (including phenoxy) is 2. The second-order valence-electron chi connectivity index (χ2n) is 7.49. The van der Waals surface area contributed by atoms with Crippen LogP contribution in [0.4, 0.5) is 0 Å². The quantitative estimate of drug-likeness (QED) is 0.599. The molecule has 1 aromatic heterocycles. The van der Waals surface area contributed by atoms with Crippen molar-refractivity contribution in [1.82, 2.24) is 19.7 Å². The molecule has 0 N–H and O–H groups in total. The highest BCUT2D eigenvalue weighted by Gasteiger charge is 2.20. The Bertz CT molecular complexity index is 949. The van der Waals surface area contributed by atoms with Gasteiger partial charge in [0.25, 0.3) is 5.91 Å². The van der Waals surface area contributed by atoms with Gasteiger partial charge in [-0.1, -0.05) is 12.1 Å². The van der Waals surface area contributed by atoms with Crippen molar-refractivity contribution >= 4 is 5.91 Å². The van der Waals surface area contributed by atoms with Gasteiger partial charge in [0.2, 0.25) is 0 Å². The fraction of sp³-hybridized carbons (Fsp3) is 0.348. The van der Waals surface area contributed by atoms with Crippen LogP contribution in [0.1, 0.15) is 41.7 Å². The van der Waals surface area contributed by atoms with Crippen molar-refractivity contribution in [2.45, 2.75) is 31.9 Å². The minimum Gasteiger partial charge on any atom is -0.491 e. The van der Waals surface area contributed by atoms with E-state index in [9.17, 15) is 4.79 Å². The molecular weight excluding hydrogens is 380 g/mol. The molecule has 7 nitrogen and oxygen atoms in total. The average molecular weight is 406 g/mol. The highest BCUT2D eigenvalue weighted by Crippen LogP contribution is 2.23. The van der Waals surface area contributed by atoms with Crippen LogP contribution in [-0.4, -0.2) is 51.9 Å². The van der Waals surface area contributed by atoms with Crippen LogP contribution in [0, 0.1) is 0 Å². The Hall–Kier alpha value is -3.19. The van der Waals surface area contributed by atoms with Crippen molar-refractivity contribution in [2.24, 2.45) is 0 Å². The molecule has 156 valence electrons. The number of hydrogen-bond donors (Lipinski definition) is 0. The fourth-order valence-electron chi connectivity index (χ4n) is 3.51. The van der Waals surface area contributed by atoms with Gasteiger partial charge >= 0.3 is 0 Å². The molecule has 1 aliphatic rings. The van der Waals surface area contributed by atoms with Crippen LogP contribution in [0.5, 0.6) is 5.75 Å². The third kappa shape index (κ3) is 4.52. The number of amides is 1. The summed E-state index contributed by atoms with van der Waals surface area (Å²) in [6.07, 6.45) is 5.47. The van der Waals surface area contributed by atoms with E-state index in [1.54, 1.807) is 15.9 Å². The minimum atomic E-state index is -0.0715. The minimum absolute atomic E-state index is 0.0338. The topological polar surface area (TPSA) is 69.5 Å². The second kappa shape index (κ2) is 9.09. The first-order valence-corrected chi connectivity index (χ1v) is 10.2. The third-order valence-corrected chi connectivity index (χ3v) is 5.52. The van der Waals surface area contributed by atoms with Gasteiger partial charge in [-0.3, -0.25) is 4.79 Å². The first-order valence-electron chi connectivity index (χ1n) is 10.2. The molecule has 4 rings (SSSR count). The van der Waals surface area contributed by atoms with Crippen molar-refractivity contribution in [2.75, 3.05) is 20.3 Å². The number of carbonyl (C=O) groups is 1. The number of carbonyl (C=O) groups excluding carboxylic acids is 1. The summed E-state index contributed by atoms with van der Waals surface area (Å²) < 4.78 is 13.1. The number of benzene rings is 2. The second-order valence-corrected chi connectivity index (χ2v) is 7.49. The maximum absolute atomic E-state index is 12.9. The lowest BCUT2D eigenvalue weighted by Crippen LogP contribution is -2.29. The van der Waals surface area contributed by atoms with E-state index in [0.29, 0.717) is 12.2 Å². The van der Waals surface area contributed by atoms with Crippen molar-refractivity contribution in [1.29, 1.82) is 0 Å². The normalized spacial score (nSPS) is 16.9. The molecule has 2 aromatic carbocycles. The molecule has 1 aliphatic heterocycles. The van der Waals surface area contributed by atoms with E-state index in [-0.39, 0.29) is 18.1 Å². The number of rotatable bonds is 7. The first-order chi connectivity index (χ1) is 14.6. The predicted octanol–water partition coefficient (Wildman–Crippen LogP) is 3.66. The zero-order chi connectivity index (χ0) is 20.9. The van der Waals surface area contributed by atoms with Gasteiger partial charge in [0.05, 0.1) is 17.8 Å². The lowest BCUT2D eigenvalue weighted by atomic mass is 10.1. The number of nitrogens with zero attached hydrogens (tertiary/aromatic N) is 4. The zero-order valence-electron chi connectivity index (χ0n) is 17.3. The summed E-state index contributed by atoms with van der Waals surface area (Å²) >= 11 is 0. The fourth-order valence-corrected chi connectivity index (χ4v) is 3.51. The molecule has 1 fully saturated rings. The average Bonchev–Trinajstić information content (AvgIpc) is 3.51. The molecule has 1 amide bonds. The maximum Gasteiger partial charge on any atom is 0.254 e. The Labute approximate surface area is 176 Å². The van der Waals surface area contributed by atoms with Crippen molar-refractivity contribution in [3.63, 3.8) is 0 Å². The summed E-state index contributed by atoms with van der Waals surface area (Å²) in [6, 6.07) is 15.2. The van der Waals surface area contributed by atoms with E-state index in [1.807, 2.05) is 62.5 Å². The number of aromatic nitrogens is 3. The summed E-state index contributed by atoms with van der Waals surface area (Å²) in [7, 11) is 1.82. The van der Waals surface area contributed by atoms with Crippen LogP contribution < -0.4 is 4.74 Å². The number of hydrogen-bond acceptors (Lipinski definition) is 5. The van der Waals surface area contributed by atoms with E-state index < -0.39 is 0 Å². The molecule has 1 saturated heterocycles. The molecule has 0 aliphatic carbocycles. The summed E-state index contributed by atoms with van der Waals surface area (Å²) in [5.74, 6) is 0.718. The Kier molecular flexibility index (Phi) is 6.09. The van der Waals surface area contributed by atoms with Crippen LogP contribution in [0.2, 0.25) is 0 Å². The largest absolute Gasteiger partial charge is 0.491 e. The molecule has 0 saturated carbocycles. The highest BCUT2D eigenvalue weighted by molar-refractivity contribution is 5.94. The van der Waals surface area contributed by atoms with Gasteiger partial charge in [-0.05, 0) is 61.7 Å². The standard InChI is InChI=1S/C23H26N4O3/c1-17(18-5-9-20(10-6-18)27-16-24-15-25-27)26(2)23(28)19-7-11-21(12-8-19)30-14-22-4-3-13-29-22/h5-12,15-17,22H,3-4,13-14H2,1-2H3. The van der Waals surface area contributed by atoms with E-state index in [1.165, 1.54) is 6.33 Å². The Morgan fingerprint density at radius 3 is 2.63 bits per heavy atom.